The van der Waals surface area contributed by atoms with Crippen LogP contribution < -0.4 is 5.32 Å². The summed E-state index contributed by atoms with van der Waals surface area (Å²) in [5.74, 6) is 0. The summed E-state index contributed by atoms with van der Waals surface area (Å²) >= 11 is 0. The number of aromatic amines is 1. The minimum absolute atomic E-state index is 0.0351. The number of nitrogens with zero attached hydrogens (tertiary/aromatic N) is 1. The monoisotopic (exact) mass is 237 g/mol. The summed E-state index contributed by atoms with van der Waals surface area (Å²) in [5.41, 5.74) is 2.22. The third-order valence-electron chi connectivity index (χ3n) is 3.55. The lowest BCUT2D eigenvalue weighted by Gasteiger charge is -2.27. The van der Waals surface area contributed by atoms with Gasteiger partial charge in [0.05, 0.1) is 17.4 Å². The standard InChI is InChI=1S/C13H23N3O/c1-9-10(8-15-16-9)7-14-11-6-12(2,3)17-13(11,4)5/h8,11,14H,6-7H2,1-5H3,(H,15,16)/t11-/m1/s1. The molecule has 1 saturated heterocycles. The molecule has 0 radical (unpaired) electrons. The van der Waals surface area contributed by atoms with Crippen molar-refractivity contribution in [3.63, 3.8) is 0 Å². The van der Waals surface area contributed by atoms with Gasteiger partial charge >= 0.3 is 0 Å². The Hall–Kier alpha value is -0.870. The summed E-state index contributed by atoms with van der Waals surface area (Å²) in [5, 5.41) is 10.6. The first kappa shape index (κ1) is 12.6. The zero-order valence-corrected chi connectivity index (χ0v) is 11.4. The van der Waals surface area contributed by atoms with Gasteiger partial charge in [0.25, 0.3) is 0 Å². The van der Waals surface area contributed by atoms with Crippen LogP contribution in [0.3, 0.4) is 0 Å². The normalized spacial score (nSPS) is 26.3. The molecule has 0 saturated carbocycles. The van der Waals surface area contributed by atoms with Gasteiger partial charge in [-0.25, -0.2) is 0 Å². The average Bonchev–Trinajstić information content (AvgIpc) is 2.64. The Morgan fingerprint density at radius 3 is 2.65 bits per heavy atom. The van der Waals surface area contributed by atoms with Crippen LogP contribution in [0.15, 0.2) is 6.20 Å². The first-order valence-electron chi connectivity index (χ1n) is 6.22. The van der Waals surface area contributed by atoms with Crippen LogP contribution in [-0.4, -0.2) is 27.4 Å². The molecule has 4 nitrogen and oxygen atoms in total. The Kier molecular flexibility index (Phi) is 3.04. The fraction of sp³-hybridized carbons (Fsp3) is 0.769. The Morgan fingerprint density at radius 1 is 1.47 bits per heavy atom. The van der Waals surface area contributed by atoms with E-state index in [2.05, 4.69) is 43.2 Å². The quantitative estimate of drug-likeness (QED) is 0.847. The molecule has 2 N–H and O–H groups in total. The fourth-order valence-corrected chi connectivity index (χ4v) is 2.67. The van der Waals surface area contributed by atoms with Crippen molar-refractivity contribution in [2.24, 2.45) is 0 Å². The lowest BCUT2D eigenvalue weighted by atomic mass is 9.94. The Bertz CT molecular complexity index is 395. The molecule has 1 atom stereocenters. The highest BCUT2D eigenvalue weighted by Crippen LogP contribution is 2.37. The van der Waals surface area contributed by atoms with Crippen molar-refractivity contribution >= 4 is 0 Å². The van der Waals surface area contributed by atoms with E-state index in [0.717, 1.165) is 18.7 Å². The fourth-order valence-electron chi connectivity index (χ4n) is 2.67. The molecule has 2 rings (SSSR count). The van der Waals surface area contributed by atoms with E-state index >= 15 is 0 Å². The minimum Gasteiger partial charge on any atom is -0.368 e. The molecule has 1 aromatic rings. The summed E-state index contributed by atoms with van der Waals surface area (Å²) in [4.78, 5) is 0. The van der Waals surface area contributed by atoms with Crippen molar-refractivity contribution in [2.75, 3.05) is 0 Å². The van der Waals surface area contributed by atoms with E-state index in [1.165, 1.54) is 5.56 Å². The van der Waals surface area contributed by atoms with Crippen LogP contribution in [0.2, 0.25) is 0 Å². The maximum absolute atomic E-state index is 6.06. The van der Waals surface area contributed by atoms with Crippen molar-refractivity contribution in [1.29, 1.82) is 0 Å². The van der Waals surface area contributed by atoms with E-state index in [1.54, 1.807) is 0 Å². The van der Waals surface area contributed by atoms with E-state index < -0.39 is 0 Å². The molecule has 0 bridgehead atoms. The molecule has 0 aliphatic carbocycles. The highest BCUT2D eigenvalue weighted by atomic mass is 16.5. The van der Waals surface area contributed by atoms with Crippen molar-refractivity contribution < 1.29 is 4.74 Å². The zero-order chi connectivity index (χ0) is 12.7. The van der Waals surface area contributed by atoms with Gasteiger partial charge in [0.1, 0.15) is 0 Å². The molecule has 1 aliphatic rings. The molecule has 1 aliphatic heterocycles. The molecule has 1 fully saturated rings. The largest absolute Gasteiger partial charge is 0.368 e. The maximum atomic E-state index is 6.06. The van der Waals surface area contributed by atoms with Crippen LogP contribution in [0.5, 0.6) is 0 Å². The molecule has 0 amide bonds. The third-order valence-corrected chi connectivity index (χ3v) is 3.55. The molecule has 0 aromatic carbocycles. The predicted molar refractivity (Wildman–Crippen MR) is 67.8 cm³/mol. The zero-order valence-electron chi connectivity index (χ0n) is 11.4. The molecular weight excluding hydrogens is 214 g/mol. The second kappa shape index (κ2) is 4.10. The molecule has 0 unspecified atom stereocenters. The molecule has 0 spiro atoms. The second-order valence-corrected chi connectivity index (χ2v) is 6.12. The number of ether oxygens (including phenoxy) is 1. The van der Waals surface area contributed by atoms with E-state index in [9.17, 15) is 0 Å². The number of H-pyrrole nitrogens is 1. The smallest absolute Gasteiger partial charge is 0.0787 e. The second-order valence-electron chi connectivity index (χ2n) is 6.12. The molecule has 17 heavy (non-hydrogen) atoms. The first-order chi connectivity index (χ1) is 7.80. The molecule has 1 aromatic heterocycles. The van der Waals surface area contributed by atoms with Crippen LogP contribution in [0.25, 0.3) is 0 Å². The predicted octanol–water partition coefficient (Wildman–Crippen LogP) is 2.15. The Balaban J connectivity index is 1.98. The van der Waals surface area contributed by atoms with Crippen LogP contribution in [0.1, 0.15) is 45.4 Å². The van der Waals surface area contributed by atoms with Gasteiger partial charge in [-0.3, -0.25) is 5.10 Å². The molecular formula is C13H23N3O. The molecule has 2 heterocycles. The van der Waals surface area contributed by atoms with Gasteiger partial charge in [0, 0.05) is 23.8 Å². The van der Waals surface area contributed by atoms with Crippen molar-refractivity contribution in [3.05, 3.63) is 17.5 Å². The van der Waals surface area contributed by atoms with Crippen LogP contribution in [-0.2, 0) is 11.3 Å². The van der Waals surface area contributed by atoms with Crippen LogP contribution in [0.4, 0.5) is 0 Å². The van der Waals surface area contributed by atoms with Gasteiger partial charge in [-0.1, -0.05) is 0 Å². The van der Waals surface area contributed by atoms with Gasteiger partial charge in [-0.05, 0) is 41.0 Å². The number of nitrogens with one attached hydrogen (secondary N) is 2. The average molecular weight is 237 g/mol. The highest BCUT2D eigenvalue weighted by molar-refractivity contribution is 5.14. The summed E-state index contributed by atoms with van der Waals surface area (Å²) in [6, 6.07) is 0.381. The lowest BCUT2D eigenvalue weighted by Crippen LogP contribution is -2.42. The summed E-state index contributed by atoms with van der Waals surface area (Å²) < 4.78 is 6.06. The van der Waals surface area contributed by atoms with E-state index in [0.29, 0.717) is 6.04 Å². The van der Waals surface area contributed by atoms with Crippen molar-refractivity contribution in [2.45, 2.75) is 64.8 Å². The Labute approximate surface area is 103 Å². The number of hydrogen-bond donors (Lipinski definition) is 2. The maximum Gasteiger partial charge on any atom is 0.0787 e. The third kappa shape index (κ3) is 2.69. The lowest BCUT2D eigenvalue weighted by molar-refractivity contribution is -0.0699. The van der Waals surface area contributed by atoms with Gasteiger partial charge in [0.15, 0.2) is 0 Å². The van der Waals surface area contributed by atoms with Gasteiger partial charge < -0.3 is 10.1 Å². The van der Waals surface area contributed by atoms with Crippen LogP contribution in [0, 0.1) is 6.92 Å². The molecule has 96 valence electrons. The topological polar surface area (TPSA) is 49.9 Å². The first-order valence-corrected chi connectivity index (χ1v) is 6.22. The van der Waals surface area contributed by atoms with Crippen molar-refractivity contribution in [1.82, 2.24) is 15.5 Å². The number of aromatic nitrogens is 2. The van der Waals surface area contributed by atoms with Gasteiger partial charge in [0.2, 0.25) is 0 Å². The highest BCUT2D eigenvalue weighted by Gasteiger charge is 2.45. The van der Waals surface area contributed by atoms with Gasteiger partial charge in [-0.2, -0.15) is 5.10 Å². The number of hydrogen-bond acceptors (Lipinski definition) is 3. The van der Waals surface area contributed by atoms with Crippen LogP contribution >= 0.6 is 0 Å². The van der Waals surface area contributed by atoms with Crippen molar-refractivity contribution in [3.8, 4) is 0 Å². The van der Waals surface area contributed by atoms with E-state index in [-0.39, 0.29) is 11.2 Å². The summed E-state index contributed by atoms with van der Waals surface area (Å²) in [6.45, 7) is 11.5. The van der Waals surface area contributed by atoms with E-state index in [4.69, 9.17) is 4.74 Å². The SMILES string of the molecule is Cc1[nH]ncc1CN[C@@H]1CC(C)(C)OC1(C)C. The number of aryl methyl sites for hydroxylation is 1. The Morgan fingerprint density at radius 2 is 2.18 bits per heavy atom. The van der Waals surface area contributed by atoms with Gasteiger partial charge in [-0.15, -0.1) is 0 Å². The minimum atomic E-state index is -0.110. The molecule has 4 heteroatoms. The van der Waals surface area contributed by atoms with E-state index in [1.807, 2.05) is 13.1 Å². The number of rotatable bonds is 3. The summed E-state index contributed by atoms with van der Waals surface area (Å²) in [6.07, 6.45) is 2.92. The summed E-state index contributed by atoms with van der Waals surface area (Å²) in [7, 11) is 0.